The molecule has 9 nitrogen and oxygen atoms in total. The molecule has 0 bridgehead atoms. The van der Waals surface area contributed by atoms with Crippen LogP contribution < -0.4 is 10.9 Å². The maximum atomic E-state index is 14.1. The number of carboxylic acids is 1. The molecule has 2 aromatic heterocycles. The average Bonchev–Trinajstić information content (AvgIpc) is 3.45. The van der Waals surface area contributed by atoms with Crippen LogP contribution in [-0.4, -0.2) is 62.2 Å². The lowest BCUT2D eigenvalue weighted by Crippen LogP contribution is -2.49. The Balaban J connectivity index is 1.55. The average molecular weight is 670 g/mol. The summed E-state index contributed by atoms with van der Waals surface area (Å²) in [5.41, 5.74) is 2.92. The van der Waals surface area contributed by atoms with Crippen LogP contribution >= 0.6 is 0 Å². The summed E-state index contributed by atoms with van der Waals surface area (Å²) in [4.78, 5) is 48.7. The first-order valence-electron chi connectivity index (χ1n) is 15.9. The largest absolute Gasteiger partial charge is 0.481 e. The van der Waals surface area contributed by atoms with E-state index >= 15 is 0 Å². The number of halogens is 4. The number of nitrogens with zero attached hydrogens (tertiary/aromatic N) is 3. The molecule has 0 radical (unpaired) electrons. The number of aromatic amines is 1. The number of hydrogen-bond donors (Lipinski definition) is 3. The number of pyridine rings is 1. The minimum Gasteiger partial charge on any atom is -0.481 e. The highest BCUT2D eigenvalue weighted by Gasteiger charge is 2.36. The first-order chi connectivity index (χ1) is 22.6. The summed E-state index contributed by atoms with van der Waals surface area (Å²) in [5, 5.41) is 12.7. The Hall–Kier alpha value is -4.52. The third kappa shape index (κ3) is 7.61. The molecule has 5 rings (SSSR count). The zero-order chi connectivity index (χ0) is 34.9. The van der Waals surface area contributed by atoms with Crippen molar-refractivity contribution in [2.75, 3.05) is 19.6 Å². The summed E-state index contributed by atoms with van der Waals surface area (Å²) in [7, 11) is 0. The Morgan fingerprint density at radius 3 is 2.42 bits per heavy atom. The Morgan fingerprint density at radius 1 is 1.12 bits per heavy atom. The second-order valence-electron chi connectivity index (χ2n) is 13.0. The summed E-state index contributed by atoms with van der Waals surface area (Å²) < 4.78 is 56.5. The van der Waals surface area contributed by atoms with Crippen LogP contribution in [0.25, 0.3) is 22.2 Å². The van der Waals surface area contributed by atoms with Gasteiger partial charge < -0.3 is 20.0 Å². The van der Waals surface area contributed by atoms with Gasteiger partial charge in [-0.1, -0.05) is 32.0 Å². The van der Waals surface area contributed by atoms with Gasteiger partial charge in [0.05, 0.1) is 35.4 Å². The number of aryl methyl sites for hydroxylation is 2. The fourth-order valence-corrected chi connectivity index (χ4v) is 6.50. The molecule has 3 heterocycles. The number of aliphatic carboxylic acids is 1. The Labute approximate surface area is 275 Å². The maximum absolute atomic E-state index is 14.1. The summed E-state index contributed by atoms with van der Waals surface area (Å²) in [6, 6.07) is 7.72. The third-order valence-corrected chi connectivity index (χ3v) is 8.81. The van der Waals surface area contributed by atoms with Gasteiger partial charge in [-0.05, 0) is 72.6 Å². The normalized spacial score (nSPS) is 15.4. The molecule has 1 saturated heterocycles. The predicted molar refractivity (Wildman–Crippen MR) is 173 cm³/mol. The number of imidazole rings is 1. The molecule has 1 aliphatic heterocycles. The lowest BCUT2D eigenvalue weighted by molar-refractivity contribution is -0.139. The van der Waals surface area contributed by atoms with Gasteiger partial charge in [0, 0.05) is 37.5 Å². The number of amides is 1. The summed E-state index contributed by atoms with van der Waals surface area (Å²) in [6.45, 7) is 7.94. The standard InChI is InChI=1S/C35H39F4N5O4/c1-19(2)10-29(44-15-22(8-9-43-16-24(36)17-43)26(13-30(44)45)35(37,38)39)34(48)42-27(14-31(46)47)25-11-23(12-28-33(25)41-18-40-28)32-20(3)6-5-7-21(32)4/h5-7,11-13,15,18-19,24,27,29H,8-10,14,16-17H2,1-4H3,(H,40,41)(H,42,48)(H,46,47)/t27-,29-/m1/s1. The van der Waals surface area contributed by atoms with Crippen LogP contribution in [0.4, 0.5) is 17.6 Å². The van der Waals surface area contributed by atoms with E-state index in [9.17, 15) is 37.1 Å². The lowest BCUT2D eigenvalue weighted by atomic mass is 9.91. The van der Waals surface area contributed by atoms with Crippen LogP contribution in [0.15, 0.2) is 53.7 Å². The molecule has 256 valence electrons. The first kappa shape index (κ1) is 34.8. The van der Waals surface area contributed by atoms with Crippen molar-refractivity contribution in [1.82, 2.24) is 24.8 Å². The highest BCUT2D eigenvalue weighted by atomic mass is 19.4. The minimum atomic E-state index is -4.82. The molecule has 0 spiro atoms. The van der Waals surface area contributed by atoms with E-state index in [1.807, 2.05) is 52.0 Å². The molecular weight excluding hydrogens is 630 g/mol. The van der Waals surface area contributed by atoms with Gasteiger partial charge in [-0.3, -0.25) is 19.3 Å². The molecule has 3 N–H and O–H groups in total. The van der Waals surface area contributed by atoms with Gasteiger partial charge >= 0.3 is 12.1 Å². The molecule has 48 heavy (non-hydrogen) atoms. The number of alkyl halides is 4. The Bertz CT molecular complexity index is 1860. The Kier molecular flexibility index (Phi) is 10.1. The van der Waals surface area contributed by atoms with Crippen molar-refractivity contribution in [3.63, 3.8) is 0 Å². The quantitative estimate of drug-likeness (QED) is 0.156. The molecule has 2 aromatic carbocycles. The van der Waals surface area contributed by atoms with Crippen molar-refractivity contribution in [2.45, 2.75) is 71.4 Å². The van der Waals surface area contributed by atoms with Gasteiger partial charge in [-0.2, -0.15) is 13.2 Å². The molecule has 4 aromatic rings. The minimum absolute atomic E-state index is 0.0895. The fourth-order valence-electron chi connectivity index (χ4n) is 6.50. The van der Waals surface area contributed by atoms with E-state index in [4.69, 9.17) is 0 Å². The maximum Gasteiger partial charge on any atom is 0.416 e. The number of H-pyrrole nitrogens is 1. The van der Waals surface area contributed by atoms with Crippen molar-refractivity contribution in [2.24, 2.45) is 5.92 Å². The number of rotatable bonds is 12. The molecule has 1 fully saturated rings. The zero-order valence-electron chi connectivity index (χ0n) is 27.2. The Morgan fingerprint density at radius 2 is 1.81 bits per heavy atom. The zero-order valence-corrected chi connectivity index (χ0v) is 27.2. The van der Waals surface area contributed by atoms with E-state index in [1.165, 1.54) is 6.33 Å². The highest BCUT2D eigenvalue weighted by Crippen LogP contribution is 2.35. The number of likely N-dealkylation sites (tertiary alicyclic amines) is 1. The van der Waals surface area contributed by atoms with E-state index in [-0.39, 0.29) is 44.0 Å². The summed E-state index contributed by atoms with van der Waals surface area (Å²) in [6.07, 6.45) is -3.83. The first-order valence-corrected chi connectivity index (χ1v) is 15.9. The number of carboxylic acid groups (broad SMARTS) is 1. The van der Waals surface area contributed by atoms with E-state index in [1.54, 1.807) is 11.0 Å². The number of fused-ring (bicyclic) bond motifs is 1. The molecule has 2 atom stereocenters. The van der Waals surface area contributed by atoms with Gasteiger partial charge in [-0.25, -0.2) is 9.37 Å². The molecule has 0 aliphatic carbocycles. The second kappa shape index (κ2) is 13.9. The van der Waals surface area contributed by atoms with Crippen LogP contribution in [0.2, 0.25) is 0 Å². The molecule has 0 saturated carbocycles. The molecule has 1 aliphatic rings. The topological polar surface area (TPSA) is 120 Å². The van der Waals surface area contributed by atoms with Crippen molar-refractivity contribution < 1.29 is 32.3 Å². The van der Waals surface area contributed by atoms with Crippen LogP contribution in [0, 0.1) is 19.8 Å². The van der Waals surface area contributed by atoms with E-state index < -0.39 is 53.9 Å². The predicted octanol–water partition coefficient (Wildman–Crippen LogP) is 6.14. The van der Waals surface area contributed by atoms with Crippen molar-refractivity contribution >= 4 is 22.9 Å². The van der Waals surface area contributed by atoms with Gasteiger partial charge in [0.2, 0.25) is 5.91 Å². The number of hydrogen-bond acceptors (Lipinski definition) is 5. The van der Waals surface area contributed by atoms with Crippen molar-refractivity contribution in [3.8, 4) is 11.1 Å². The smallest absolute Gasteiger partial charge is 0.416 e. The number of nitrogens with one attached hydrogen (secondary N) is 2. The molecule has 13 heteroatoms. The third-order valence-electron chi connectivity index (χ3n) is 8.81. The molecule has 0 unspecified atom stereocenters. The van der Waals surface area contributed by atoms with Crippen LogP contribution in [0.3, 0.4) is 0 Å². The fraction of sp³-hybridized carbons (Fsp3) is 0.429. The van der Waals surface area contributed by atoms with Crippen molar-refractivity contribution in [1.29, 1.82) is 0 Å². The van der Waals surface area contributed by atoms with E-state index in [0.717, 1.165) is 33.0 Å². The van der Waals surface area contributed by atoms with Crippen LogP contribution in [0.1, 0.15) is 66.6 Å². The van der Waals surface area contributed by atoms with Crippen LogP contribution in [0.5, 0.6) is 0 Å². The van der Waals surface area contributed by atoms with Gasteiger partial charge in [0.25, 0.3) is 5.56 Å². The van der Waals surface area contributed by atoms with Crippen LogP contribution in [-0.2, 0) is 22.2 Å². The van der Waals surface area contributed by atoms with Gasteiger partial charge in [0.1, 0.15) is 12.2 Å². The number of benzene rings is 2. The van der Waals surface area contributed by atoms with Crippen molar-refractivity contribution in [3.05, 3.63) is 87.1 Å². The number of carbonyl (C=O) groups excluding carboxylic acids is 1. The van der Waals surface area contributed by atoms with Gasteiger partial charge in [0.15, 0.2) is 0 Å². The highest BCUT2D eigenvalue weighted by molar-refractivity contribution is 5.88. The molecule has 1 amide bonds. The second-order valence-corrected chi connectivity index (χ2v) is 13.0. The molecular formula is C35H39F4N5O4. The SMILES string of the molecule is Cc1cccc(C)c1-c1cc([C@@H](CC(=O)O)NC(=O)[C@@H](CC(C)C)n2cc(CCN3CC(F)C3)c(C(F)(F)F)cc2=O)c2nc[nH]c2c1. The lowest BCUT2D eigenvalue weighted by Gasteiger charge is -2.34. The van der Waals surface area contributed by atoms with E-state index in [2.05, 4.69) is 15.3 Å². The summed E-state index contributed by atoms with van der Waals surface area (Å²) >= 11 is 0. The summed E-state index contributed by atoms with van der Waals surface area (Å²) in [5.74, 6) is -2.08. The van der Waals surface area contributed by atoms with E-state index in [0.29, 0.717) is 22.7 Å². The van der Waals surface area contributed by atoms with Gasteiger partial charge in [-0.15, -0.1) is 0 Å². The number of carbonyl (C=O) groups is 2. The number of aromatic nitrogens is 3. The monoisotopic (exact) mass is 669 g/mol.